The minimum Gasteiger partial charge on any atom is -0.497 e. The summed E-state index contributed by atoms with van der Waals surface area (Å²) in [6.45, 7) is 5.68. The molecule has 2 nitrogen and oxygen atoms in total. The first-order valence-electron chi connectivity index (χ1n) is 7.11. The maximum absolute atomic E-state index is 5.31. The molecule has 1 unspecified atom stereocenters. The number of fused-ring (bicyclic) bond motifs is 1. The molecule has 0 saturated carbocycles. The SMILES string of the molecule is COc1ccc2c(c1)CCCC2NCCC(C)C. The zero-order valence-corrected chi connectivity index (χ0v) is 11.8. The zero-order valence-electron chi connectivity index (χ0n) is 11.8. The fourth-order valence-corrected chi connectivity index (χ4v) is 2.68. The van der Waals surface area contributed by atoms with Crippen LogP contribution in [-0.2, 0) is 6.42 Å². The number of aryl methyl sites for hydroxylation is 1. The van der Waals surface area contributed by atoms with Crippen LogP contribution >= 0.6 is 0 Å². The Morgan fingerprint density at radius 1 is 1.39 bits per heavy atom. The first-order valence-corrected chi connectivity index (χ1v) is 7.11. The zero-order chi connectivity index (χ0) is 13.0. The number of rotatable bonds is 5. The van der Waals surface area contributed by atoms with Crippen LogP contribution in [0.15, 0.2) is 18.2 Å². The average Bonchev–Trinajstić information content (AvgIpc) is 2.38. The van der Waals surface area contributed by atoms with Gasteiger partial charge >= 0.3 is 0 Å². The molecule has 1 N–H and O–H groups in total. The van der Waals surface area contributed by atoms with Gasteiger partial charge in [-0.2, -0.15) is 0 Å². The second-order valence-electron chi connectivity index (χ2n) is 5.65. The Bertz CT molecular complexity index is 387. The molecule has 100 valence electrons. The van der Waals surface area contributed by atoms with Crippen molar-refractivity contribution in [2.75, 3.05) is 13.7 Å². The number of benzene rings is 1. The molecule has 0 aromatic heterocycles. The van der Waals surface area contributed by atoms with Gasteiger partial charge in [0.25, 0.3) is 0 Å². The lowest BCUT2D eigenvalue weighted by atomic mass is 9.87. The quantitative estimate of drug-likeness (QED) is 0.856. The fraction of sp³-hybridized carbons (Fsp3) is 0.625. The van der Waals surface area contributed by atoms with E-state index in [0.717, 1.165) is 18.2 Å². The van der Waals surface area contributed by atoms with Gasteiger partial charge in [-0.3, -0.25) is 0 Å². The summed E-state index contributed by atoms with van der Waals surface area (Å²) in [5.74, 6) is 1.76. The van der Waals surface area contributed by atoms with Crippen LogP contribution in [0.25, 0.3) is 0 Å². The Morgan fingerprint density at radius 3 is 2.94 bits per heavy atom. The maximum Gasteiger partial charge on any atom is 0.119 e. The molecule has 1 aromatic carbocycles. The van der Waals surface area contributed by atoms with Crippen LogP contribution in [0.3, 0.4) is 0 Å². The van der Waals surface area contributed by atoms with Crippen LogP contribution in [0.4, 0.5) is 0 Å². The monoisotopic (exact) mass is 247 g/mol. The molecule has 2 rings (SSSR count). The predicted octanol–water partition coefficient (Wildman–Crippen LogP) is 3.71. The lowest BCUT2D eigenvalue weighted by Gasteiger charge is -2.27. The van der Waals surface area contributed by atoms with Crippen LogP contribution < -0.4 is 10.1 Å². The third-order valence-electron chi connectivity index (χ3n) is 3.78. The van der Waals surface area contributed by atoms with Crippen molar-refractivity contribution in [3.05, 3.63) is 29.3 Å². The second-order valence-corrected chi connectivity index (χ2v) is 5.65. The Labute approximate surface area is 111 Å². The molecule has 0 amide bonds. The van der Waals surface area contributed by atoms with Gasteiger partial charge in [0.1, 0.15) is 5.75 Å². The van der Waals surface area contributed by atoms with Crippen LogP contribution in [0.2, 0.25) is 0 Å². The van der Waals surface area contributed by atoms with E-state index in [0.29, 0.717) is 6.04 Å². The Kier molecular flexibility index (Phi) is 4.65. The van der Waals surface area contributed by atoms with E-state index in [1.54, 1.807) is 7.11 Å². The lowest BCUT2D eigenvalue weighted by Crippen LogP contribution is -2.26. The van der Waals surface area contributed by atoms with E-state index in [1.165, 1.54) is 36.8 Å². The van der Waals surface area contributed by atoms with Gasteiger partial charge in [-0.25, -0.2) is 0 Å². The summed E-state index contributed by atoms with van der Waals surface area (Å²) in [4.78, 5) is 0. The molecule has 0 aliphatic heterocycles. The largest absolute Gasteiger partial charge is 0.497 e. The van der Waals surface area contributed by atoms with Crippen molar-refractivity contribution in [1.82, 2.24) is 5.32 Å². The van der Waals surface area contributed by atoms with Crippen molar-refractivity contribution in [3.63, 3.8) is 0 Å². The van der Waals surface area contributed by atoms with Crippen molar-refractivity contribution >= 4 is 0 Å². The molecule has 0 spiro atoms. The van der Waals surface area contributed by atoms with E-state index >= 15 is 0 Å². The van der Waals surface area contributed by atoms with Crippen molar-refractivity contribution in [2.45, 2.75) is 45.6 Å². The molecule has 0 bridgehead atoms. The van der Waals surface area contributed by atoms with Gasteiger partial charge in [-0.15, -0.1) is 0 Å². The van der Waals surface area contributed by atoms with Gasteiger partial charge < -0.3 is 10.1 Å². The van der Waals surface area contributed by atoms with Gasteiger partial charge in [-0.1, -0.05) is 19.9 Å². The Morgan fingerprint density at radius 2 is 2.22 bits per heavy atom. The molecule has 1 aliphatic carbocycles. The molecule has 1 atom stereocenters. The van der Waals surface area contributed by atoms with E-state index in [2.05, 4.69) is 37.4 Å². The molecule has 0 saturated heterocycles. The van der Waals surface area contributed by atoms with Crippen LogP contribution in [0.1, 0.15) is 50.3 Å². The van der Waals surface area contributed by atoms with E-state index in [4.69, 9.17) is 4.74 Å². The first-order chi connectivity index (χ1) is 8.70. The summed E-state index contributed by atoms with van der Waals surface area (Å²) in [5.41, 5.74) is 2.94. The van der Waals surface area contributed by atoms with Gasteiger partial charge in [0.15, 0.2) is 0 Å². The highest BCUT2D eigenvalue weighted by molar-refractivity contribution is 5.39. The maximum atomic E-state index is 5.31. The molecule has 0 heterocycles. The summed E-state index contributed by atoms with van der Waals surface area (Å²) in [5, 5.41) is 3.71. The summed E-state index contributed by atoms with van der Waals surface area (Å²) in [6, 6.07) is 7.06. The predicted molar refractivity (Wildman–Crippen MR) is 76.1 cm³/mol. The fourth-order valence-electron chi connectivity index (χ4n) is 2.68. The van der Waals surface area contributed by atoms with E-state index in [9.17, 15) is 0 Å². The van der Waals surface area contributed by atoms with Crippen molar-refractivity contribution in [3.8, 4) is 5.75 Å². The number of hydrogen-bond acceptors (Lipinski definition) is 2. The second kappa shape index (κ2) is 6.24. The summed E-state index contributed by atoms with van der Waals surface area (Å²) < 4.78 is 5.31. The summed E-state index contributed by atoms with van der Waals surface area (Å²) in [6.07, 6.45) is 4.98. The summed E-state index contributed by atoms with van der Waals surface area (Å²) >= 11 is 0. The minimum absolute atomic E-state index is 0.540. The molecule has 2 heteroatoms. The molecular weight excluding hydrogens is 222 g/mol. The molecular formula is C16H25NO. The highest BCUT2D eigenvalue weighted by Crippen LogP contribution is 2.32. The average molecular weight is 247 g/mol. The van der Waals surface area contributed by atoms with Crippen LogP contribution in [0, 0.1) is 5.92 Å². The number of hydrogen-bond donors (Lipinski definition) is 1. The van der Waals surface area contributed by atoms with E-state index < -0.39 is 0 Å². The standard InChI is InChI=1S/C16H25NO/c1-12(2)9-10-17-16-6-4-5-13-11-14(18-3)7-8-15(13)16/h7-8,11-12,16-17H,4-6,9-10H2,1-3H3. The van der Waals surface area contributed by atoms with Gasteiger partial charge in [0.05, 0.1) is 7.11 Å². The number of methoxy groups -OCH3 is 1. The molecule has 1 aromatic rings. The van der Waals surface area contributed by atoms with Crippen molar-refractivity contribution < 1.29 is 4.74 Å². The minimum atomic E-state index is 0.540. The number of ether oxygens (including phenoxy) is 1. The lowest BCUT2D eigenvalue weighted by molar-refractivity contribution is 0.408. The molecule has 1 aliphatic rings. The van der Waals surface area contributed by atoms with Gasteiger partial charge in [0, 0.05) is 6.04 Å². The van der Waals surface area contributed by atoms with Crippen LogP contribution in [-0.4, -0.2) is 13.7 Å². The molecule has 0 fully saturated rings. The third-order valence-corrected chi connectivity index (χ3v) is 3.78. The van der Waals surface area contributed by atoms with Crippen molar-refractivity contribution in [2.24, 2.45) is 5.92 Å². The number of nitrogens with one attached hydrogen (secondary N) is 1. The highest BCUT2D eigenvalue weighted by Gasteiger charge is 2.19. The normalized spacial score (nSPS) is 18.8. The van der Waals surface area contributed by atoms with Crippen molar-refractivity contribution in [1.29, 1.82) is 0 Å². The Hall–Kier alpha value is -1.02. The first kappa shape index (κ1) is 13.4. The molecule has 18 heavy (non-hydrogen) atoms. The highest BCUT2D eigenvalue weighted by atomic mass is 16.5. The van der Waals surface area contributed by atoms with Crippen LogP contribution in [0.5, 0.6) is 5.75 Å². The smallest absolute Gasteiger partial charge is 0.119 e. The summed E-state index contributed by atoms with van der Waals surface area (Å²) in [7, 11) is 1.74. The van der Waals surface area contributed by atoms with Gasteiger partial charge in [-0.05, 0) is 61.4 Å². The third kappa shape index (κ3) is 3.26. The molecule has 0 radical (unpaired) electrons. The van der Waals surface area contributed by atoms with Gasteiger partial charge in [0.2, 0.25) is 0 Å². The van der Waals surface area contributed by atoms with E-state index in [1.807, 2.05) is 0 Å². The topological polar surface area (TPSA) is 21.3 Å². The van der Waals surface area contributed by atoms with E-state index in [-0.39, 0.29) is 0 Å². The Balaban J connectivity index is 2.03.